The van der Waals surface area contributed by atoms with Gasteiger partial charge in [0.05, 0.1) is 11.6 Å². The number of benzene rings is 2. The molecule has 0 unspecified atom stereocenters. The van der Waals surface area contributed by atoms with Crippen LogP contribution in [0.5, 0.6) is 5.75 Å². The Morgan fingerprint density at radius 3 is 2.25 bits per heavy atom. The van der Waals surface area contributed by atoms with Crippen molar-refractivity contribution in [3.8, 4) is 11.8 Å². The predicted molar refractivity (Wildman–Crippen MR) is 101 cm³/mol. The second-order valence-electron chi connectivity index (χ2n) is 5.66. The van der Waals surface area contributed by atoms with E-state index >= 15 is 0 Å². The Labute approximate surface area is 154 Å². The first-order chi connectivity index (χ1) is 11.3. The van der Waals surface area contributed by atoms with Gasteiger partial charge >= 0.3 is 5.97 Å². The first-order valence-corrected chi connectivity index (χ1v) is 8.30. The third kappa shape index (κ3) is 4.59. The molecule has 2 aromatic carbocycles. The molecule has 4 nitrogen and oxygen atoms in total. The van der Waals surface area contributed by atoms with E-state index in [0.717, 1.165) is 14.7 Å². The van der Waals surface area contributed by atoms with E-state index in [0.29, 0.717) is 11.3 Å². The van der Waals surface area contributed by atoms with Gasteiger partial charge in [0, 0.05) is 3.57 Å². The molecule has 24 heavy (non-hydrogen) atoms. The average Bonchev–Trinajstić information content (AvgIpc) is 2.54. The van der Waals surface area contributed by atoms with Crippen molar-refractivity contribution in [2.24, 2.45) is 0 Å². The van der Waals surface area contributed by atoms with Crippen molar-refractivity contribution in [2.75, 3.05) is 0 Å². The molecular formula is C19H16INO3. The Morgan fingerprint density at radius 1 is 1.17 bits per heavy atom. The number of hydrogen-bond donors (Lipinski definition) is 1. The molecule has 2 rings (SSSR count). The number of carboxylic acids is 1. The molecule has 1 N–H and O–H groups in total. The summed E-state index contributed by atoms with van der Waals surface area (Å²) in [6.45, 7) is 2.99. The molecule has 0 saturated carbocycles. The number of ether oxygens (including phenoxy) is 1. The monoisotopic (exact) mass is 433 g/mol. The molecule has 0 heterocycles. The summed E-state index contributed by atoms with van der Waals surface area (Å²) in [7, 11) is 0. The maximum Gasteiger partial charge on any atom is 0.347 e. The summed E-state index contributed by atoms with van der Waals surface area (Å²) in [5.41, 5.74) is 0.956. The van der Waals surface area contributed by atoms with E-state index in [1.807, 2.05) is 24.3 Å². The molecule has 0 atom stereocenters. The van der Waals surface area contributed by atoms with Crippen LogP contribution in [0, 0.1) is 14.9 Å². The van der Waals surface area contributed by atoms with Crippen molar-refractivity contribution in [3.05, 3.63) is 63.2 Å². The van der Waals surface area contributed by atoms with Crippen LogP contribution >= 0.6 is 22.6 Å². The Bertz CT molecular complexity index is 800. The van der Waals surface area contributed by atoms with Crippen LogP contribution in [-0.2, 0) is 4.79 Å². The van der Waals surface area contributed by atoms with Gasteiger partial charge in [0.15, 0.2) is 5.60 Å². The fraction of sp³-hybridized carbons (Fsp3) is 0.158. The highest BCUT2D eigenvalue weighted by atomic mass is 127. The lowest BCUT2D eigenvalue weighted by Crippen LogP contribution is -2.37. The lowest BCUT2D eigenvalue weighted by atomic mass is 10.0. The Morgan fingerprint density at radius 2 is 1.75 bits per heavy atom. The summed E-state index contributed by atoms with van der Waals surface area (Å²) in [5, 5.41) is 18.5. The molecule has 122 valence electrons. The van der Waals surface area contributed by atoms with Gasteiger partial charge in [0.2, 0.25) is 0 Å². The second kappa shape index (κ2) is 7.49. The topological polar surface area (TPSA) is 70.3 Å². The minimum Gasteiger partial charge on any atom is -0.478 e. The second-order valence-corrected chi connectivity index (χ2v) is 6.91. The van der Waals surface area contributed by atoms with Crippen LogP contribution in [0.4, 0.5) is 0 Å². The number of carbonyl (C=O) groups is 1. The normalized spacial score (nSPS) is 11.7. The summed E-state index contributed by atoms with van der Waals surface area (Å²) in [6.07, 6.45) is 1.79. The van der Waals surface area contributed by atoms with Gasteiger partial charge < -0.3 is 9.84 Å². The molecule has 0 aliphatic carbocycles. The molecule has 0 bridgehead atoms. The SMILES string of the molecule is CC(C)(Oc1ccc(C=C(C#N)c2ccc(I)cc2)cc1)C(=O)O. The lowest BCUT2D eigenvalue weighted by molar-refractivity contribution is -0.152. The molecule has 0 radical (unpaired) electrons. The number of halogens is 1. The maximum atomic E-state index is 11.1. The van der Waals surface area contributed by atoms with Crippen LogP contribution in [0.15, 0.2) is 48.5 Å². The standard InChI is InChI=1S/C19H16INO3/c1-19(2,18(22)23)24-17-9-3-13(4-10-17)11-15(12-21)14-5-7-16(20)8-6-14/h3-11H,1-2H3,(H,22,23). The maximum absolute atomic E-state index is 11.1. The first-order valence-electron chi connectivity index (χ1n) is 7.22. The van der Waals surface area contributed by atoms with Gasteiger partial charge in [-0.15, -0.1) is 0 Å². The Balaban J connectivity index is 2.22. The molecule has 0 aromatic heterocycles. The molecule has 0 spiro atoms. The third-order valence-electron chi connectivity index (χ3n) is 3.35. The lowest BCUT2D eigenvalue weighted by Gasteiger charge is -2.21. The number of hydrogen-bond acceptors (Lipinski definition) is 3. The molecule has 0 fully saturated rings. The quantitative estimate of drug-likeness (QED) is 0.425. The van der Waals surface area contributed by atoms with Crippen LogP contribution < -0.4 is 4.74 Å². The van der Waals surface area contributed by atoms with Gasteiger partial charge in [-0.1, -0.05) is 24.3 Å². The Kier molecular flexibility index (Phi) is 5.62. The van der Waals surface area contributed by atoms with Gasteiger partial charge in [-0.3, -0.25) is 0 Å². The molecular weight excluding hydrogens is 417 g/mol. The molecule has 0 aliphatic heterocycles. The van der Waals surface area contributed by atoms with Crippen molar-refractivity contribution >= 4 is 40.2 Å². The van der Waals surface area contributed by atoms with Crippen molar-refractivity contribution < 1.29 is 14.6 Å². The summed E-state index contributed by atoms with van der Waals surface area (Å²) in [4.78, 5) is 11.1. The number of nitriles is 1. The smallest absolute Gasteiger partial charge is 0.347 e. The van der Waals surface area contributed by atoms with E-state index in [9.17, 15) is 10.1 Å². The fourth-order valence-corrected chi connectivity index (χ4v) is 2.31. The van der Waals surface area contributed by atoms with Crippen LogP contribution in [0.1, 0.15) is 25.0 Å². The predicted octanol–water partition coefficient (Wildman–Crippen LogP) is 4.60. The van der Waals surface area contributed by atoms with E-state index in [1.165, 1.54) is 13.8 Å². The van der Waals surface area contributed by atoms with Crippen molar-refractivity contribution in [3.63, 3.8) is 0 Å². The number of nitrogens with zero attached hydrogens (tertiary/aromatic N) is 1. The minimum atomic E-state index is -1.30. The number of aliphatic carboxylic acids is 1. The van der Waals surface area contributed by atoms with Gasteiger partial charge in [0.25, 0.3) is 0 Å². The largest absolute Gasteiger partial charge is 0.478 e. The van der Waals surface area contributed by atoms with E-state index in [-0.39, 0.29) is 0 Å². The van der Waals surface area contributed by atoms with Gasteiger partial charge in [0.1, 0.15) is 5.75 Å². The van der Waals surface area contributed by atoms with Crippen LogP contribution in [0.3, 0.4) is 0 Å². The van der Waals surface area contributed by atoms with E-state index in [4.69, 9.17) is 9.84 Å². The zero-order valence-corrected chi connectivity index (χ0v) is 15.4. The van der Waals surface area contributed by atoms with E-state index in [2.05, 4.69) is 28.7 Å². The van der Waals surface area contributed by atoms with Crippen LogP contribution in [0.25, 0.3) is 11.6 Å². The van der Waals surface area contributed by atoms with Crippen molar-refractivity contribution in [2.45, 2.75) is 19.4 Å². The summed E-state index contributed by atoms with van der Waals surface area (Å²) in [6, 6.07) is 16.9. The Hall–Kier alpha value is -2.33. The first kappa shape index (κ1) is 18.0. The molecule has 0 aliphatic rings. The molecule has 0 amide bonds. The van der Waals surface area contributed by atoms with Crippen LogP contribution in [0.2, 0.25) is 0 Å². The van der Waals surface area contributed by atoms with Crippen molar-refractivity contribution in [1.82, 2.24) is 0 Å². The molecule has 2 aromatic rings. The minimum absolute atomic E-state index is 0.465. The van der Waals surface area contributed by atoms with E-state index in [1.54, 1.807) is 30.3 Å². The molecule has 5 heteroatoms. The van der Waals surface area contributed by atoms with E-state index < -0.39 is 11.6 Å². The number of carboxylic acid groups (broad SMARTS) is 1. The summed E-state index contributed by atoms with van der Waals surface area (Å²) in [5.74, 6) is -0.565. The number of rotatable bonds is 5. The summed E-state index contributed by atoms with van der Waals surface area (Å²) >= 11 is 2.22. The van der Waals surface area contributed by atoms with Gasteiger partial charge in [-0.2, -0.15) is 5.26 Å². The fourth-order valence-electron chi connectivity index (χ4n) is 1.95. The zero-order valence-electron chi connectivity index (χ0n) is 13.3. The van der Waals surface area contributed by atoms with Crippen LogP contribution in [-0.4, -0.2) is 16.7 Å². The molecule has 0 saturated heterocycles. The number of allylic oxidation sites excluding steroid dienone is 1. The van der Waals surface area contributed by atoms with Crippen molar-refractivity contribution in [1.29, 1.82) is 5.26 Å². The highest BCUT2D eigenvalue weighted by molar-refractivity contribution is 14.1. The highest BCUT2D eigenvalue weighted by Crippen LogP contribution is 2.22. The zero-order chi connectivity index (χ0) is 17.7. The highest BCUT2D eigenvalue weighted by Gasteiger charge is 2.29. The average molecular weight is 433 g/mol. The third-order valence-corrected chi connectivity index (χ3v) is 4.07. The van der Waals surface area contributed by atoms with Gasteiger partial charge in [-0.05, 0) is 77.9 Å². The summed E-state index contributed by atoms with van der Waals surface area (Å²) < 4.78 is 6.57. The van der Waals surface area contributed by atoms with Gasteiger partial charge in [-0.25, -0.2) is 4.79 Å².